The lowest BCUT2D eigenvalue weighted by Crippen LogP contribution is -2.42. The molecule has 2 aliphatic rings. The molecule has 1 aliphatic heterocycles. The third-order valence-electron chi connectivity index (χ3n) is 3.90. The van der Waals surface area contributed by atoms with Gasteiger partial charge in [-0.2, -0.15) is 0 Å². The number of rotatable bonds is 1. The molecule has 2 N–H and O–H groups in total. The molecular weight excluding hydrogens is 188 g/mol. The first-order valence-electron chi connectivity index (χ1n) is 6.24. The maximum atomic E-state index is 12.2. The van der Waals surface area contributed by atoms with Gasteiger partial charge in [0, 0.05) is 24.5 Å². The fraction of sp³-hybridized carbons (Fsp3) is 0.917. The van der Waals surface area contributed by atoms with E-state index in [4.69, 9.17) is 5.73 Å². The molecule has 0 bridgehead atoms. The molecule has 86 valence electrons. The van der Waals surface area contributed by atoms with Gasteiger partial charge in [-0.05, 0) is 39.0 Å². The van der Waals surface area contributed by atoms with Gasteiger partial charge >= 0.3 is 0 Å². The standard InChI is InChI=1S/C12H22N2O/c1-9-4-3-7-14(9)12(15)10-5-2-6-11(13)8-10/h9-11H,2-8,13H2,1H3. The first-order chi connectivity index (χ1) is 7.18. The molecule has 3 nitrogen and oxygen atoms in total. The molecular formula is C12H22N2O. The second-order valence-corrected chi connectivity index (χ2v) is 5.15. The Hall–Kier alpha value is -0.570. The van der Waals surface area contributed by atoms with Crippen LogP contribution >= 0.6 is 0 Å². The van der Waals surface area contributed by atoms with E-state index in [-0.39, 0.29) is 12.0 Å². The predicted octanol–water partition coefficient (Wildman–Crippen LogP) is 1.51. The number of carbonyl (C=O) groups excluding carboxylic acids is 1. The van der Waals surface area contributed by atoms with Crippen molar-refractivity contribution in [3.8, 4) is 0 Å². The lowest BCUT2D eigenvalue weighted by atomic mass is 9.85. The van der Waals surface area contributed by atoms with Crippen LogP contribution < -0.4 is 5.73 Å². The van der Waals surface area contributed by atoms with Gasteiger partial charge in [0.15, 0.2) is 0 Å². The van der Waals surface area contributed by atoms with Gasteiger partial charge < -0.3 is 10.6 Å². The van der Waals surface area contributed by atoms with Crippen molar-refractivity contribution in [1.29, 1.82) is 0 Å². The summed E-state index contributed by atoms with van der Waals surface area (Å²) in [5.74, 6) is 0.587. The summed E-state index contributed by atoms with van der Waals surface area (Å²) in [5, 5.41) is 0. The summed E-state index contributed by atoms with van der Waals surface area (Å²) in [5.41, 5.74) is 5.93. The van der Waals surface area contributed by atoms with E-state index in [9.17, 15) is 4.79 Å². The van der Waals surface area contributed by atoms with E-state index in [0.717, 1.165) is 32.2 Å². The highest BCUT2D eigenvalue weighted by Crippen LogP contribution is 2.28. The monoisotopic (exact) mass is 210 g/mol. The fourth-order valence-electron chi connectivity index (χ4n) is 2.95. The van der Waals surface area contributed by atoms with E-state index in [1.54, 1.807) is 0 Å². The zero-order valence-electron chi connectivity index (χ0n) is 9.61. The Morgan fingerprint density at radius 3 is 2.67 bits per heavy atom. The Bertz CT molecular complexity index is 242. The molecule has 3 unspecified atom stereocenters. The first kappa shape index (κ1) is 10.9. The third kappa shape index (κ3) is 2.33. The lowest BCUT2D eigenvalue weighted by molar-refractivity contribution is -0.137. The summed E-state index contributed by atoms with van der Waals surface area (Å²) in [7, 11) is 0. The second kappa shape index (κ2) is 4.52. The van der Waals surface area contributed by atoms with E-state index in [1.807, 2.05) is 0 Å². The SMILES string of the molecule is CC1CCCN1C(=O)C1CCCC(N)C1. The van der Waals surface area contributed by atoms with Crippen molar-refractivity contribution in [3.63, 3.8) is 0 Å². The zero-order chi connectivity index (χ0) is 10.8. The van der Waals surface area contributed by atoms with E-state index in [2.05, 4.69) is 11.8 Å². The van der Waals surface area contributed by atoms with Crippen LogP contribution in [0, 0.1) is 5.92 Å². The van der Waals surface area contributed by atoms with E-state index in [1.165, 1.54) is 12.8 Å². The molecule has 0 aromatic rings. The van der Waals surface area contributed by atoms with Crippen LogP contribution in [0.15, 0.2) is 0 Å². The molecule has 1 heterocycles. The number of likely N-dealkylation sites (tertiary alicyclic amines) is 1. The Kier molecular flexibility index (Phi) is 3.29. The van der Waals surface area contributed by atoms with Gasteiger partial charge in [0.2, 0.25) is 5.91 Å². The molecule has 0 aromatic carbocycles. The van der Waals surface area contributed by atoms with Crippen molar-refractivity contribution in [2.24, 2.45) is 11.7 Å². The predicted molar refractivity (Wildman–Crippen MR) is 60.3 cm³/mol. The minimum absolute atomic E-state index is 0.217. The Balaban J connectivity index is 1.94. The van der Waals surface area contributed by atoms with Crippen molar-refractivity contribution >= 4 is 5.91 Å². The maximum absolute atomic E-state index is 12.2. The lowest BCUT2D eigenvalue weighted by Gasteiger charge is -2.31. The average molecular weight is 210 g/mol. The molecule has 2 fully saturated rings. The van der Waals surface area contributed by atoms with E-state index < -0.39 is 0 Å². The minimum atomic E-state index is 0.217. The first-order valence-corrected chi connectivity index (χ1v) is 6.24. The summed E-state index contributed by atoms with van der Waals surface area (Å²) >= 11 is 0. The smallest absolute Gasteiger partial charge is 0.225 e. The largest absolute Gasteiger partial charge is 0.340 e. The summed E-state index contributed by atoms with van der Waals surface area (Å²) in [6.45, 7) is 3.12. The summed E-state index contributed by atoms with van der Waals surface area (Å²) in [6, 6.07) is 0.710. The highest BCUT2D eigenvalue weighted by molar-refractivity contribution is 5.79. The molecule has 1 amide bonds. The molecule has 1 saturated heterocycles. The van der Waals surface area contributed by atoms with Gasteiger partial charge in [-0.25, -0.2) is 0 Å². The Labute approximate surface area is 92.0 Å². The highest BCUT2D eigenvalue weighted by atomic mass is 16.2. The van der Waals surface area contributed by atoms with Gasteiger partial charge in [0.25, 0.3) is 0 Å². The van der Waals surface area contributed by atoms with Crippen LogP contribution in [0.3, 0.4) is 0 Å². The maximum Gasteiger partial charge on any atom is 0.225 e. The summed E-state index contributed by atoms with van der Waals surface area (Å²) in [6.07, 6.45) is 6.52. The van der Waals surface area contributed by atoms with Gasteiger partial charge in [0.05, 0.1) is 0 Å². The molecule has 0 radical (unpaired) electrons. The molecule has 3 heteroatoms. The van der Waals surface area contributed by atoms with Gasteiger partial charge in [-0.3, -0.25) is 4.79 Å². The zero-order valence-corrected chi connectivity index (χ0v) is 9.61. The molecule has 2 rings (SSSR count). The normalized spacial score (nSPS) is 36.9. The van der Waals surface area contributed by atoms with Crippen LogP contribution in [0.4, 0.5) is 0 Å². The van der Waals surface area contributed by atoms with Gasteiger partial charge in [-0.15, -0.1) is 0 Å². The number of hydrogen-bond acceptors (Lipinski definition) is 2. The average Bonchev–Trinajstić information content (AvgIpc) is 2.63. The molecule has 0 spiro atoms. The number of amides is 1. The van der Waals surface area contributed by atoms with Crippen LogP contribution in [0.2, 0.25) is 0 Å². The van der Waals surface area contributed by atoms with Gasteiger partial charge in [-0.1, -0.05) is 6.42 Å². The number of hydrogen-bond donors (Lipinski definition) is 1. The van der Waals surface area contributed by atoms with Crippen LogP contribution in [-0.4, -0.2) is 29.4 Å². The second-order valence-electron chi connectivity index (χ2n) is 5.15. The van der Waals surface area contributed by atoms with Crippen molar-refractivity contribution < 1.29 is 4.79 Å². The molecule has 1 saturated carbocycles. The van der Waals surface area contributed by atoms with Crippen LogP contribution in [0.25, 0.3) is 0 Å². The summed E-state index contributed by atoms with van der Waals surface area (Å²) in [4.78, 5) is 14.3. The number of nitrogens with zero attached hydrogens (tertiary/aromatic N) is 1. The van der Waals surface area contributed by atoms with Gasteiger partial charge in [0.1, 0.15) is 0 Å². The molecule has 3 atom stereocenters. The fourth-order valence-corrected chi connectivity index (χ4v) is 2.95. The van der Waals surface area contributed by atoms with Crippen molar-refractivity contribution in [2.75, 3.05) is 6.54 Å². The summed E-state index contributed by atoms with van der Waals surface area (Å²) < 4.78 is 0. The number of nitrogens with two attached hydrogens (primary N) is 1. The van der Waals surface area contributed by atoms with Crippen LogP contribution in [-0.2, 0) is 4.79 Å². The van der Waals surface area contributed by atoms with Crippen LogP contribution in [0.5, 0.6) is 0 Å². The topological polar surface area (TPSA) is 46.3 Å². The Morgan fingerprint density at radius 2 is 2.07 bits per heavy atom. The van der Waals surface area contributed by atoms with Crippen LogP contribution in [0.1, 0.15) is 45.4 Å². The molecule has 0 aromatic heterocycles. The van der Waals surface area contributed by atoms with Crippen molar-refractivity contribution in [3.05, 3.63) is 0 Å². The van der Waals surface area contributed by atoms with Crippen molar-refractivity contribution in [2.45, 2.75) is 57.5 Å². The molecule has 1 aliphatic carbocycles. The van der Waals surface area contributed by atoms with E-state index in [0.29, 0.717) is 11.9 Å². The highest BCUT2D eigenvalue weighted by Gasteiger charge is 2.32. The van der Waals surface area contributed by atoms with E-state index >= 15 is 0 Å². The Morgan fingerprint density at radius 1 is 1.27 bits per heavy atom. The van der Waals surface area contributed by atoms with Crippen molar-refractivity contribution in [1.82, 2.24) is 4.90 Å². The number of carbonyl (C=O) groups is 1. The third-order valence-corrected chi connectivity index (χ3v) is 3.90. The molecule has 15 heavy (non-hydrogen) atoms. The quantitative estimate of drug-likeness (QED) is 0.713. The minimum Gasteiger partial charge on any atom is -0.340 e.